The average Bonchev–Trinajstić information content (AvgIpc) is 3.14. The van der Waals surface area contributed by atoms with Gasteiger partial charge < -0.3 is 9.64 Å². The molecule has 0 aliphatic heterocycles. The monoisotopic (exact) mass is 355 g/mol. The quantitative estimate of drug-likeness (QED) is 0.635. The molecule has 3 nitrogen and oxygen atoms in total. The van der Waals surface area contributed by atoms with E-state index >= 15 is 0 Å². The Morgan fingerprint density at radius 2 is 1.92 bits per heavy atom. The molecule has 0 saturated heterocycles. The highest BCUT2D eigenvalue weighted by Gasteiger charge is 2.17. The SMILES string of the molecule is Cc1cc(OCC(=O)N(Cc2cccs2)c2ccccc2)ccc1F. The molecule has 1 heterocycles. The van der Waals surface area contributed by atoms with Gasteiger partial charge >= 0.3 is 0 Å². The van der Waals surface area contributed by atoms with E-state index in [9.17, 15) is 9.18 Å². The normalized spacial score (nSPS) is 10.5. The molecule has 0 aliphatic rings. The summed E-state index contributed by atoms with van der Waals surface area (Å²) in [5.41, 5.74) is 1.31. The molecule has 0 atom stereocenters. The second-order valence-electron chi connectivity index (χ2n) is 5.59. The molecule has 0 fully saturated rings. The maximum atomic E-state index is 13.3. The van der Waals surface area contributed by atoms with Crippen LogP contribution in [0.25, 0.3) is 0 Å². The molecule has 5 heteroatoms. The smallest absolute Gasteiger partial charge is 0.265 e. The molecule has 128 valence electrons. The predicted molar refractivity (Wildman–Crippen MR) is 98.6 cm³/mol. The van der Waals surface area contributed by atoms with Gasteiger partial charge in [-0.3, -0.25) is 4.79 Å². The number of aryl methyl sites for hydroxylation is 1. The van der Waals surface area contributed by atoms with Crippen molar-refractivity contribution in [3.63, 3.8) is 0 Å². The number of amides is 1. The van der Waals surface area contributed by atoms with E-state index in [0.717, 1.165) is 10.6 Å². The van der Waals surface area contributed by atoms with Gasteiger partial charge in [-0.05, 0) is 54.3 Å². The Bertz CT molecular complexity index is 834. The number of para-hydroxylation sites is 1. The number of thiophene rings is 1. The minimum atomic E-state index is -0.290. The minimum absolute atomic E-state index is 0.106. The third-order valence-electron chi connectivity index (χ3n) is 3.75. The summed E-state index contributed by atoms with van der Waals surface area (Å²) in [5, 5.41) is 1.99. The lowest BCUT2D eigenvalue weighted by Gasteiger charge is -2.22. The van der Waals surface area contributed by atoms with Crippen LogP contribution in [0, 0.1) is 12.7 Å². The molecule has 1 aromatic heterocycles. The lowest BCUT2D eigenvalue weighted by Crippen LogP contribution is -2.34. The van der Waals surface area contributed by atoms with Crippen molar-refractivity contribution < 1.29 is 13.9 Å². The average molecular weight is 355 g/mol. The van der Waals surface area contributed by atoms with Crippen LogP contribution in [0.2, 0.25) is 0 Å². The Morgan fingerprint density at radius 1 is 1.12 bits per heavy atom. The van der Waals surface area contributed by atoms with Gasteiger partial charge in [0.25, 0.3) is 5.91 Å². The number of anilines is 1. The summed E-state index contributed by atoms with van der Waals surface area (Å²) in [7, 11) is 0. The van der Waals surface area contributed by atoms with Crippen molar-refractivity contribution in [2.75, 3.05) is 11.5 Å². The molecule has 2 aromatic carbocycles. The third kappa shape index (κ3) is 4.45. The van der Waals surface area contributed by atoms with Crippen LogP contribution in [-0.2, 0) is 11.3 Å². The molecule has 0 saturated carbocycles. The van der Waals surface area contributed by atoms with E-state index in [1.807, 2.05) is 47.8 Å². The first-order valence-corrected chi connectivity index (χ1v) is 8.78. The zero-order chi connectivity index (χ0) is 17.6. The van der Waals surface area contributed by atoms with E-state index in [0.29, 0.717) is 17.9 Å². The molecule has 25 heavy (non-hydrogen) atoms. The molecule has 0 N–H and O–H groups in total. The number of halogens is 1. The number of carbonyl (C=O) groups excluding carboxylic acids is 1. The molecule has 3 rings (SSSR count). The zero-order valence-electron chi connectivity index (χ0n) is 13.8. The van der Waals surface area contributed by atoms with Gasteiger partial charge in [-0.15, -0.1) is 11.3 Å². The number of rotatable bonds is 6. The number of carbonyl (C=O) groups is 1. The fourth-order valence-electron chi connectivity index (χ4n) is 2.42. The molecule has 0 spiro atoms. The number of ether oxygens (including phenoxy) is 1. The van der Waals surface area contributed by atoms with Crippen LogP contribution < -0.4 is 9.64 Å². The van der Waals surface area contributed by atoms with E-state index in [4.69, 9.17) is 4.74 Å². The molecule has 1 amide bonds. The molecular weight excluding hydrogens is 337 g/mol. The second-order valence-corrected chi connectivity index (χ2v) is 6.63. The topological polar surface area (TPSA) is 29.5 Å². The lowest BCUT2D eigenvalue weighted by atomic mass is 10.2. The van der Waals surface area contributed by atoms with Crippen LogP contribution in [0.4, 0.5) is 10.1 Å². The molecule has 0 unspecified atom stereocenters. The first kappa shape index (κ1) is 17.2. The number of nitrogens with zero attached hydrogens (tertiary/aromatic N) is 1. The Labute approximate surface area is 150 Å². The van der Waals surface area contributed by atoms with E-state index in [1.54, 1.807) is 29.2 Å². The highest BCUT2D eigenvalue weighted by atomic mass is 32.1. The maximum Gasteiger partial charge on any atom is 0.265 e. The first-order valence-electron chi connectivity index (χ1n) is 7.90. The van der Waals surface area contributed by atoms with Gasteiger partial charge in [0.1, 0.15) is 11.6 Å². The highest BCUT2D eigenvalue weighted by Crippen LogP contribution is 2.21. The van der Waals surface area contributed by atoms with Crippen molar-refractivity contribution in [3.8, 4) is 5.75 Å². The summed E-state index contributed by atoms with van der Waals surface area (Å²) in [6.07, 6.45) is 0. The van der Waals surface area contributed by atoms with Crippen LogP contribution >= 0.6 is 11.3 Å². The van der Waals surface area contributed by atoms with Crippen molar-refractivity contribution in [2.24, 2.45) is 0 Å². The van der Waals surface area contributed by atoms with Crippen molar-refractivity contribution in [3.05, 3.63) is 82.3 Å². The standard InChI is InChI=1S/C20H18FNO2S/c1-15-12-17(9-10-19(15)21)24-14-20(23)22(13-18-8-5-11-25-18)16-6-3-2-4-7-16/h2-12H,13-14H2,1H3. The highest BCUT2D eigenvalue weighted by molar-refractivity contribution is 7.09. The van der Waals surface area contributed by atoms with Crippen molar-refractivity contribution in [2.45, 2.75) is 13.5 Å². The van der Waals surface area contributed by atoms with Crippen molar-refractivity contribution in [1.29, 1.82) is 0 Å². The summed E-state index contributed by atoms with van der Waals surface area (Å²) in [4.78, 5) is 15.5. The Balaban J connectivity index is 1.73. The van der Waals surface area contributed by atoms with Crippen molar-refractivity contribution in [1.82, 2.24) is 0 Å². The van der Waals surface area contributed by atoms with Gasteiger partial charge in [0, 0.05) is 10.6 Å². The third-order valence-corrected chi connectivity index (χ3v) is 4.62. The van der Waals surface area contributed by atoms with E-state index in [2.05, 4.69) is 0 Å². The van der Waals surface area contributed by atoms with Gasteiger partial charge in [0.05, 0.1) is 6.54 Å². The molecular formula is C20H18FNO2S. The number of hydrogen-bond donors (Lipinski definition) is 0. The summed E-state index contributed by atoms with van der Waals surface area (Å²) in [5.74, 6) is 0.0419. The van der Waals surface area contributed by atoms with E-state index < -0.39 is 0 Å². The lowest BCUT2D eigenvalue weighted by molar-refractivity contribution is -0.120. The minimum Gasteiger partial charge on any atom is -0.484 e. The first-order chi connectivity index (χ1) is 12.1. The van der Waals surface area contributed by atoms with Gasteiger partial charge in [0.15, 0.2) is 6.61 Å². The van der Waals surface area contributed by atoms with E-state index in [1.165, 1.54) is 12.1 Å². The predicted octanol–water partition coefficient (Wildman–Crippen LogP) is 4.81. The van der Waals surface area contributed by atoms with Crippen LogP contribution in [-0.4, -0.2) is 12.5 Å². The number of benzene rings is 2. The van der Waals surface area contributed by atoms with Gasteiger partial charge in [-0.25, -0.2) is 4.39 Å². The Kier molecular flexibility index (Phi) is 5.46. The summed E-state index contributed by atoms with van der Waals surface area (Å²) in [6, 6.07) is 17.9. The Hall–Kier alpha value is -2.66. The second kappa shape index (κ2) is 7.94. The van der Waals surface area contributed by atoms with Gasteiger partial charge in [-0.1, -0.05) is 24.3 Å². The molecule has 3 aromatic rings. The maximum absolute atomic E-state index is 13.3. The van der Waals surface area contributed by atoms with Crippen LogP contribution in [0.15, 0.2) is 66.0 Å². The van der Waals surface area contributed by atoms with Crippen LogP contribution in [0.3, 0.4) is 0 Å². The Morgan fingerprint density at radius 3 is 2.60 bits per heavy atom. The van der Waals surface area contributed by atoms with Crippen LogP contribution in [0.5, 0.6) is 5.75 Å². The largest absolute Gasteiger partial charge is 0.484 e. The number of hydrogen-bond acceptors (Lipinski definition) is 3. The van der Waals surface area contributed by atoms with Gasteiger partial charge in [0.2, 0.25) is 0 Å². The van der Waals surface area contributed by atoms with E-state index in [-0.39, 0.29) is 18.3 Å². The summed E-state index contributed by atoms with van der Waals surface area (Å²) < 4.78 is 18.9. The van der Waals surface area contributed by atoms with Crippen molar-refractivity contribution >= 4 is 22.9 Å². The fraction of sp³-hybridized carbons (Fsp3) is 0.150. The molecule has 0 radical (unpaired) electrons. The van der Waals surface area contributed by atoms with Crippen LogP contribution in [0.1, 0.15) is 10.4 Å². The molecule has 0 bridgehead atoms. The summed E-state index contributed by atoms with van der Waals surface area (Å²) >= 11 is 1.60. The zero-order valence-corrected chi connectivity index (χ0v) is 14.6. The summed E-state index contributed by atoms with van der Waals surface area (Å²) in [6.45, 7) is 2.05. The fourth-order valence-corrected chi connectivity index (χ4v) is 3.11. The van der Waals surface area contributed by atoms with Gasteiger partial charge in [-0.2, -0.15) is 0 Å². The molecule has 0 aliphatic carbocycles.